The van der Waals surface area contributed by atoms with E-state index in [4.69, 9.17) is 0 Å². The zero-order valence-corrected chi connectivity index (χ0v) is 32.3. The maximum absolute atomic E-state index is 2.56. The van der Waals surface area contributed by atoms with Crippen molar-refractivity contribution in [2.45, 2.75) is 43.9 Å². The van der Waals surface area contributed by atoms with Crippen LogP contribution in [0.4, 0.5) is 17.1 Å². The van der Waals surface area contributed by atoms with Crippen molar-refractivity contribution in [3.63, 3.8) is 0 Å². The van der Waals surface area contributed by atoms with Gasteiger partial charge in [-0.15, -0.1) is 11.3 Å². The van der Waals surface area contributed by atoms with E-state index in [9.17, 15) is 0 Å². The fourth-order valence-electron chi connectivity index (χ4n) is 11.7. The standard InChI is InChI=1S/C54H43NS/c1-2-8-38(9-3-1)47-13-6-10-40-11-7-14-48(53(40)47)39-17-21-44(22-18-39)55(46-24-25-50-49-12-4-5-15-51(49)56-52(50)31-46)45-23-19-41-29-43(20-16-42(41)30-45)54-32-35-26-36(33-54)28-37(27-35)34-54/h1-25,29-31,35-37H,26-28,32-34H2. The molecule has 4 bridgehead atoms. The van der Waals surface area contributed by atoms with Crippen LogP contribution in [0.2, 0.25) is 0 Å². The van der Waals surface area contributed by atoms with Crippen LogP contribution in [0.3, 0.4) is 0 Å². The van der Waals surface area contributed by atoms with Crippen molar-refractivity contribution in [3.05, 3.63) is 175 Å². The van der Waals surface area contributed by atoms with E-state index in [0.29, 0.717) is 5.41 Å². The molecule has 4 aliphatic rings. The summed E-state index contributed by atoms with van der Waals surface area (Å²) in [5.41, 5.74) is 10.5. The molecule has 0 amide bonds. The van der Waals surface area contributed by atoms with Gasteiger partial charge in [-0.3, -0.25) is 0 Å². The molecular weight excluding hydrogens is 695 g/mol. The van der Waals surface area contributed by atoms with E-state index in [1.165, 1.54) is 114 Å². The molecule has 0 N–H and O–H groups in total. The SMILES string of the molecule is c1ccc(-c2cccc3cccc(-c4ccc(N(c5ccc6cc(C78CC9CC(CC(C9)C7)C8)ccc6c5)c5ccc6c(c5)sc5ccccc56)cc4)c23)cc1. The summed E-state index contributed by atoms with van der Waals surface area (Å²) in [7, 11) is 0. The number of hydrogen-bond donors (Lipinski definition) is 0. The Morgan fingerprint density at radius 2 is 1.02 bits per heavy atom. The molecule has 2 heteroatoms. The zero-order valence-electron chi connectivity index (χ0n) is 31.5. The maximum Gasteiger partial charge on any atom is 0.0476 e. The summed E-state index contributed by atoms with van der Waals surface area (Å²) in [6.07, 6.45) is 8.65. The van der Waals surface area contributed by atoms with Gasteiger partial charge in [-0.25, -0.2) is 0 Å². The van der Waals surface area contributed by atoms with Gasteiger partial charge in [-0.05, 0) is 154 Å². The van der Waals surface area contributed by atoms with Gasteiger partial charge in [0, 0.05) is 37.2 Å². The Hall–Kier alpha value is -5.70. The highest BCUT2D eigenvalue weighted by Gasteiger charge is 2.51. The van der Waals surface area contributed by atoms with Gasteiger partial charge in [-0.2, -0.15) is 0 Å². The largest absolute Gasteiger partial charge is 0.310 e. The number of thiophene rings is 1. The van der Waals surface area contributed by atoms with Crippen molar-refractivity contribution in [3.8, 4) is 22.3 Å². The number of rotatable bonds is 6. The Labute approximate surface area is 332 Å². The molecule has 0 unspecified atom stereocenters. The quantitative estimate of drug-likeness (QED) is 0.164. The number of hydrogen-bond acceptors (Lipinski definition) is 2. The van der Waals surface area contributed by atoms with Crippen LogP contribution in [0.25, 0.3) is 64.0 Å². The highest BCUT2D eigenvalue weighted by molar-refractivity contribution is 7.25. The number of nitrogens with zero attached hydrogens (tertiary/aromatic N) is 1. The summed E-state index contributed by atoms with van der Waals surface area (Å²) in [5, 5.41) is 7.88. The molecule has 4 aliphatic carbocycles. The smallest absolute Gasteiger partial charge is 0.0476 e. The summed E-state index contributed by atoms with van der Waals surface area (Å²) >= 11 is 1.88. The first-order valence-electron chi connectivity index (χ1n) is 20.6. The van der Waals surface area contributed by atoms with E-state index in [2.05, 4.69) is 175 Å². The third-order valence-electron chi connectivity index (χ3n) is 13.8. The van der Waals surface area contributed by atoms with Crippen molar-refractivity contribution in [2.75, 3.05) is 4.90 Å². The summed E-state index contributed by atoms with van der Waals surface area (Å²) in [4.78, 5) is 2.46. The van der Waals surface area contributed by atoms with Gasteiger partial charge in [0.25, 0.3) is 0 Å². The molecule has 4 fully saturated rings. The predicted molar refractivity (Wildman–Crippen MR) is 240 cm³/mol. The Kier molecular flexibility index (Phi) is 7.36. The molecule has 1 heterocycles. The van der Waals surface area contributed by atoms with Crippen LogP contribution in [0.15, 0.2) is 170 Å². The molecule has 0 atom stereocenters. The zero-order chi connectivity index (χ0) is 36.8. The molecule has 0 saturated heterocycles. The van der Waals surface area contributed by atoms with E-state index in [-0.39, 0.29) is 0 Å². The minimum atomic E-state index is 0.404. The Balaban J connectivity index is 0.969. The molecule has 0 radical (unpaired) electrons. The van der Waals surface area contributed by atoms with E-state index >= 15 is 0 Å². The number of anilines is 3. The molecule has 13 rings (SSSR count). The molecule has 4 saturated carbocycles. The fraction of sp³-hybridized carbons (Fsp3) is 0.185. The van der Waals surface area contributed by atoms with Gasteiger partial charge in [0.05, 0.1) is 0 Å². The third kappa shape index (κ3) is 5.26. The molecule has 0 aliphatic heterocycles. The molecular formula is C54H43NS. The van der Waals surface area contributed by atoms with Crippen LogP contribution in [0, 0.1) is 17.8 Å². The van der Waals surface area contributed by atoms with Gasteiger partial charge >= 0.3 is 0 Å². The summed E-state index contributed by atoms with van der Waals surface area (Å²) in [5.74, 6) is 2.84. The molecule has 56 heavy (non-hydrogen) atoms. The second-order valence-electron chi connectivity index (χ2n) is 17.2. The van der Waals surface area contributed by atoms with Crippen LogP contribution in [-0.2, 0) is 5.41 Å². The monoisotopic (exact) mass is 737 g/mol. The van der Waals surface area contributed by atoms with Crippen LogP contribution < -0.4 is 4.90 Å². The van der Waals surface area contributed by atoms with Gasteiger partial charge < -0.3 is 4.90 Å². The van der Waals surface area contributed by atoms with Crippen molar-refractivity contribution in [1.82, 2.24) is 0 Å². The van der Waals surface area contributed by atoms with Crippen molar-refractivity contribution < 1.29 is 0 Å². The Morgan fingerprint density at radius 3 is 1.77 bits per heavy atom. The lowest BCUT2D eigenvalue weighted by molar-refractivity contribution is -0.00512. The van der Waals surface area contributed by atoms with Crippen LogP contribution in [0.1, 0.15) is 44.1 Å². The van der Waals surface area contributed by atoms with E-state index in [1.54, 1.807) is 5.56 Å². The second-order valence-corrected chi connectivity index (χ2v) is 18.3. The van der Waals surface area contributed by atoms with Crippen molar-refractivity contribution in [1.29, 1.82) is 0 Å². The lowest BCUT2D eigenvalue weighted by atomic mass is 9.48. The average molecular weight is 738 g/mol. The Morgan fingerprint density at radius 1 is 0.429 bits per heavy atom. The van der Waals surface area contributed by atoms with Crippen molar-refractivity contribution in [2.24, 2.45) is 17.8 Å². The minimum absolute atomic E-state index is 0.404. The van der Waals surface area contributed by atoms with Gasteiger partial charge in [-0.1, -0.05) is 127 Å². The van der Waals surface area contributed by atoms with Crippen LogP contribution in [-0.4, -0.2) is 0 Å². The Bertz CT molecular complexity index is 2910. The van der Waals surface area contributed by atoms with Crippen molar-refractivity contribution >= 4 is 70.1 Å². The highest BCUT2D eigenvalue weighted by Crippen LogP contribution is 2.61. The normalized spacial score (nSPS) is 21.4. The summed E-state index contributed by atoms with van der Waals surface area (Å²) < 4.78 is 2.65. The predicted octanol–water partition coefficient (Wildman–Crippen LogP) is 15.6. The van der Waals surface area contributed by atoms with Crippen LogP contribution in [0.5, 0.6) is 0 Å². The molecule has 8 aromatic carbocycles. The van der Waals surface area contributed by atoms with E-state index in [0.717, 1.165) is 23.4 Å². The maximum atomic E-state index is 2.56. The minimum Gasteiger partial charge on any atom is -0.310 e. The van der Waals surface area contributed by atoms with E-state index in [1.807, 2.05) is 11.3 Å². The van der Waals surface area contributed by atoms with Gasteiger partial charge in [0.2, 0.25) is 0 Å². The van der Waals surface area contributed by atoms with E-state index < -0.39 is 0 Å². The number of benzene rings is 8. The topological polar surface area (TPSA) is 3.24 Å². The molecule has 270 valence electrons. The summed E-state index contributed by atoms with van der Waals surface area (Å²) in [6.45, 7) is 0. The fourth-order valence-corrected chi connectivity index (χ4v) is 12.8. The lowest BCUT2D eigenvalue weighted by Gasteiger charge is -2.57. The average Bonchev–Trinajstić information content (AvgIpc) is 3.61. The number of fused-ring (bicyclic) bond motifs is 5. The van der Waals surface area contributed by atoms with Gasteiger partial charge in [0.15, 0.2) is 0 Å². The lowest BCUT2D eigenvalue weighted by Crippen LogP contribution is -2.48. The second kappa shape index (κ2) is 12.7. The molecule has 9 aromatic rings. The molecule has 0 spiro atoms. The third-order valence-corrected chi connectivity index (χ3v) is 14.9. The molecule has 1 nitrogen and oxygen atoms in total. The summed E-state index contributed by atoms with van der Waals surface area (Å²) in [6, 6.07) is 63.9. The highest BCUT2D eigenvalue weighted by atomic mass is 32.1. The van der Waals surface area contributed by atoms with Gasteiger partial charge in [0.1, 0.15) is 0 Å². The first kappa shape index (κ1) is 32.5. The first-order chi connectivity index (χ1) is 27.6. The van der Waals surface area contributed by atoms with Crippen LogP contribution >= 0.6 is 11.3 Å². The first-order valence-corrected chi connectivity index (χ1v) is 21.4. The molecule has 1 aromatic heterocycles.